The van der Waals surface area contributed by atoms with E-state index >= 15 is 0 Å². The second-order valence-corrected chi connectivity index (χ2v) is 3.81. The van der Waals surface area contributed by atoms with Gasteiger partial charge in [0.25, 0.3) is 0 Å². The van der Waals surface area contributed by atoms with Gasteiger partial charge in [0.05, 0.1) is 17.6 Å². The summed E-state index contributed by atoms with van der Waals surface area (Å²) < 4.78 is 2.15. The molecule has 2 aromatic rings. The van der Waals surface area contributed by atoms with E-state index in [2.05, 4.69) is 47.7 Å². The van der Waals surface area contributed by atoms with Gasteiger partial charge in [0.15, 0.2) is 0 Å². The summed E-state index contributed by atoms with van der Waals surface area (Å²) in [6.45, 7) is 0.880. The largest absolute Gasteiger partial charge is 0.330 e. The number of nitrogens with zero attached hydrogens (tertiary/aromatic N) is 3. The maximum absolute atomic E-state index is 4.57. The maximum atomic E-state index is 4.57. The Morgan fingerprint density at radius 1 is 1.29 bits per heavy atom. The highest BCUT2D eigenvalue weighted by atomic mass is 15.1. The van der Waals surface area contributed by atoms with E-state index < -0.39 is 0 Å². The lowest BCUT2D eigenvalue weighted by atomic mass is 10.3. The number of hydrogen-bond donors (Lipinski definition) is 0. The minimum atomic E-state index is 0.880. The van der Waals surface area contributed by atoms with Crippen LogP contribution in [0.1, 0.15) is 5.82 Å². The highest BCUT2D eigenvalue weighted by Gasteiger charge is 2.06. The van der Waals surface area contributed by atoms with Crippen LogP contribution in [-0.2, 0) is 13.6 Å². The molecule has 0 saturated carbocycles. The number of benzene rings is 1. The second-order valence-electron chi connectivity index (χ2n) is 3.81. The van der Waals surface area contributed by atoms with Gasteiger partial charge >= 0.3 is 0 Å². The van der Waals surface area contributed by atoms with Crippen LogP contribution < -0.4 is 0 Å². The highest BCUT2D eigenvalue weighted by molar-refractivity contribution is 5.75. The van der Waals surface area contributed by atoms with Crippen molar-refractivity contribution < 1.29 is 0 Å². The first kappa shape index (κ1) is 9.21. The molecule has 3 heteroatoms. The van der Waals surface area contributed by atoms with Crippen LogP contribution in [0.3, 0.4) is 0 Å². The molecule has 0 fully saturated rings. The molecule has 0 radical (unpaired) electrons. The van der Waals surface area contributed by atoms with E-state index in [1.807, 2.05) is 12.1 Å². The van der Waals surface area contributed by atoms with Crippen molar-refractivity contribution in [3.05, 3.63) is 30.1 Å². The Hall–Kier alpha value is -1.35. The zero-order chi connectivity index (χ0) is 10.1. The van der Waals surface area contributed by atoms with Crippen molar-refractivity contribution in [2.75, 3.05) is 14.1 Å². The lowest BCUT2D eigenvalue weighted by molar-refractivity contribution is 0.386. The summed E-state index contributed by atoms with van der Waals surface area (Å²) in [5, 5.41) is 0. The molecule has 0 N–H and O–H groups in total. The third-order valence-corrected chi connectivity index (χ3v) is 2.34. The van der Waals surface area contributed by atoms with Gasteiger partial charge < -0.3 is 9.47 Å². The lowest BCUT2D eigenvalue weighted by Gasteiger charge is -2.08. The number of hydrogen-bond acceptors (Lipinski definition) is 2. The van der Waals surface area contributed by atoms with Crippen LogP contribution in [-0.4, -0.2) is 28.5 Å². The predicted molar refractivity (Wildman–Crippen MR) is 58.1 cm³/mol. The Balaban J connectivity index is 2.51. The van der Waals surface area contributed by atoms with Crippen LogP contribution >= 0.6 is 0 Å². The summed E-state index contributed by atoms with van der Waals surface area (Å²) in [5.74, 6) is 1.11. The maximum Gasteiger partial charge on any atom is 0.123 e. The first-order valence-corrected chi connectivity index (χ1v) is 4.73. The summed E-state index contributed by atoms with van der Waals surface area (Å²) in [6.07, 6.45) is 0. The van der Waals surface area contributed by atoms with Gasteiger partial charge in [-0.15, -0.1) is 0 Å². The van der Waals surface area contributed by atoms with E-state index in [9.17, 15) is 0 Å². The van der Waals surface area contributed by atoms with Crippen LogP contribution in [0.4, 0.5) is 0 Å². The Morgan fingerprint density at radius 3 is 2.64 bits per heavy atom. The van der Waals surface area contributed by atoms with Crippen LogP contribution in [0.25, 0.3) is 11.0 Å². The first-order valence-electron chi connectivity index (χ1n) is 4.73. The number of imidazole rings is 1. The molecule has 0 spiro atoms. The Labute approximate surface area is 84.0 Å². The van der Waals surface area contributed by atoms with Gasteiger partial charge in [-0.3, -0.25) is 0 Å². The minimum absolute atomic E-state index is 0.880. The molecule has 1 heterocycles. The fraction of sp³-hybridized carbons (Fsp3) is 0.364. The van der Waals surface area contributed by atoms with Crippen LogP contribution in [0.2, 0.25) is 0 Å². The van der Waals surface area contributed by atoms with E-state index in [0.29, 0.717) is 0 Å². The average molecular weight is 189 g/mol. The van der Waals surface area contributed by atoms with E-state index in [1.165, 1.54) is 5.52 Å². The first-order chi connectivity index (χ1) is 6.68. The Bertz CT molecular complexity index is 443. The van der Waals surface area contributed by atoms with E-state index in [0.717, 1.165) is 17.9 Å². The fourth-order valence-electron chi connectivity index (χ4n) is 1.62. The molecule has 2 rings (SSSR count). The summed E-state index contributed by atoms with van der Waals surface area (Å²) in [7, 11) is 6.17. The molecule has 0 saturated heterocycles. The van der Waals surface area contributed by atoms with E-state index in [4.69, 9.17) is 0 Å². The van der Waals surface area contributed by atoms with Crippen LogP contribution in [0, 0.1) is 0 Å². The van der Waals surface area contributed by atoms with Gasteiger partial charge in [0.1, 0.15) is 5.82 Å². The van der Waals surface area contributed by atoms with Gasteiger partial charge in [-0.2, -0.15) is 0 Å². The molecule has 3 nitrogen and oxygen atoms in total. The van der Waals surface area contributed by atoms with Gasteiger partial charge in [-0.1, -0.05) is 12.1 Å². The second kappa shape index (κ2) is 3.42. The molecule has 74 valence electrons. The number of rotatable bonds is 2. The number of aryl methyl sites for hydroxylation is 1. The zero-order valence-electron chi connectivity index (χ0n) is 8.86. The number of fused-ring (bicyclic) bond motifs is 1. The van der Waals surface area contributed by atoms with Crippen molar-refractivity contribution >= 4 is 11.0 Å². The smallest absolute Gasteiger partial charge is 0.123 e. The van der Waals surface area contributed by atoms with Crippen molar-refractivity contribution in [1.29, 1.82) is 0 Å². The van der Waals surface area contributed by atoms with Crippen molar-refractivity contribution in [2.24, 2.45) is 7.05 Å². The minimum Gasteiger partial charge on any atom is -0.330 e. The quantitative estimate of drug-likeness (QED) is 0.716. The normalized spacial score (nSPS) is 11.4. The monoisotopic (exact) mass is 189 g/mol. The molecule has 0 aliphatic heterocycles. The topological polar surface area (TPSA) is 21.1 Å². The highest BCUT2D eigenvalue weighted by Crippen LogP contribution is 2.14. The summed E-state index contributed by atoms with van der Waals surface area (Å²) >= 11 is 0. The average Bonchev–Trinajstić information content (AvgIpc) is 2.44. The molecule has 0 aliphatic carbocycles. The molecule has 1 aromatic heterocycles. The van der Waals surface area contributed by atoms with E-state index in [1.54, 1.807) is 0 Å². The number of para-hydroxylation sites is 2. The Kier molecular flexibility index (Phi) is 2.25. The summed E-state index contributed by atoms with van der Waals surface area (Å²) in [4.78, 5) is 6.70. The van der Waals surface area contributed by atoms with Crippen LogP contribution in [0.15, 0.2) is 24.3 Å². The van der Waals surface area contributed by atoms with Crippen molar-refractivity contribution in [2.45, 2.75) is 6.54 Å². The Morgan fingerprint density at radius 2 is 2.00 bits per heavy atom. The van der Waals surface area contributed by atoms with Crippen molar-refractivity contribution in [3.8, 4) is 0 Å². The molecule has 0 amide bonds. The number of aromatic nitrogens is 2. The van der Waals surface area contributed by atoms with Gasteiger partial charge in [-0.05, 0) is 26.2 Å². The van der Waals surface area contributed by atoms with Crippen LogP contribution in [0.5, 0.6) is 0 Å². The molecule has 0 atom stereocenters. The molecule has 0 unspecified atom stereocenters. The summed E-state index contributed by atoms with van der Waals surface area (Å²) in [5.41, 5.74) is 2.27. The van der Waals surface area contributed by atoms with Gasteiger partial charge in [-0.25, -0.2) is 4.98 Å². The lowest BCUT2D eigenvalue weighted by Crippen LogP contribution is -2.14. The predicted octanol–water partition coefficient (Wildman–Crippen LogP) is 1.63. The third-order valence-electron chi connectivity index (χ3n) is 2.34. The molecule has 1 aromatic carbocycles. The summed E-state index contributed by atoms with van der Waals surface area (Å²) in [6, 6.07) is 8.22. The standard InChI is InChI=1S/C11H15N3/c1-13(2)8-11-12-9-6-4-5-7-10(9)14(11)3/h4-7H,8H2,1-3H3. The SMILES string of the molecule is CN(C)Cc1nc2ccccc2n1C. The molecular formula is C11H15N3. The fourth-order valence-corrected chi connectivity index (χ4v) is 1.62. The molecule has 0 bridgehead atoms. The van der Waals surface area contributed by atoms with Crippen molar-refractivity contribution in [1.82, 2.24) is 14.5 Å². The third kappa shape index (κ3) is 1.51. The van der Waals surface area contributed by atoms with Crippen molar-refractivity contribution in [3.63, 3.8) is 0 Å². The zero-order valence-corrected chi connectivity index (χ0v) is 8.86. The molecular weight excluding hydrogens is 174 g/mol. The van der Waals surface area contributed by atoms with Gasteiger partial charge in [0, 0.05) is 7.05 Å². The van der Waals surface area contributed by atoms with E-state index in [-0.39, 0.29) is 0 Å². The van der Waals surface area contributed by atoms with Gasteiger partial charge in [0.2, 0.25) is 0 Å². The molecule has 14 heavy (non-hydrogen) atoms. The molecule has 0 aliphatic rings.